The van der Waals surface area contributed by atoms with Gasteiger partial charge in [0.2, 0.25) is 11.2 Å². The second kappa shape index (κ2) is 9.09. The van der Waals surface area contributed by atoms with Crippen LogP contribution in [0.1, 0.15) is 0 Å². The normalized spacial score (nSPS) is 11.1. The Hall–Kier alpha value is -2.19. The fraction of sp³-hybridized carbons (Fsp3) is 0. The summed E-state index contributed by atoms with van der Waals surface area (Å²) in [4.78, 5) is 0. The van der Waals surface area contributed by atoms with Crippen LogP contribution < -0.4 is 4.57 Å². The van der Waals surface area contributed by atoms with E-state index >= 15 is 0 Å². The molecule has 0 aliphatic rings. The molecule has 29 heavy (non-hydrogen) atoms. The first-order valence-corrected chi connectivity index (χ1v) is 10.1. The molecule has 0 spiro atoms. The van der Waals surface area contributed by atoms with Crippen molar-refractivity contribution in [3.05, 3.63) is 94.0 Å². The largest absolute Gasteiger partial charge is 0.673 e. The van der Waals surface area contributed by atoms with E-state index in [0.717, 1.165) is 14.6 Å². The van der Waals surface area contributed by atoms with Crippen molar-refractivity contribution in [2.45, 2.75) is 0 Å². The fourth-order valence-corrected chi connectivity index (χ4v) is 3.57. The Morgan fingerprint density at radius 1 is 0.690 bits per heavy atom. The van der Waals surface area contributed by atoms with Gasteiger partial charge in [0.1, 0.15) is 0 Å². The lowest BCUT2D eigenvalue weighted by molar-refractivity contribution is -0.567. The van der Waals surface area contributed by atoms with Gasteiger partial charge in [-0.3, -0.25) is 0 Å². The predicted molar refractivity (Wildman–Crippen MR) is 117 cm³/mol. The maximum absolute atomic E-state index is 9.75. The number of benzene rings is 3. The van der Waals surface area contributed by atoms with E-state index < -0.39 is 7.25 Å². The summed E-state index contributed by atoms with van der Waals surface area (Å²) in [7, 11) is -6.00. The molecule has 4 rings (SSSR count). The molecule has 0 atom stereocenters. The van der Waals surface area contributed by atoms with Crippen molar-refractivity contribution in [1.29, 1.82) is 0 Å². The molecule has 0 saturated heterocycles. The van der Waals surface area contributed by atoms with E-state index in [1.54, 1.807) is 0 Å². The molecule has 1 heterocycles. The van der Waals surface area contributed by atoms with Crippen LogP contribution in [0.25, 0.3) is 27.7 Å². The van der Waals surface area contributed by atoms with Gasteiger partial charge in [-0.15, -0.1) is 0 Å². The Balaban J connectivity index is 0.000000431. The number of fused-ring (bicyclic) bond motifs is 1. The summed E-state index contributed by atoms with van der Waals surface area (Å²) in [5, 5.41) is 1.22. The van der Waals surface area contributed by atoms with Crippen LogP contribution in [0.5, 0.6) is 0 Å². The van der Waals surface area contributed by atoms with E-state index in [1.807, 2.05) is 6.07 Å². The van der Waals surface area contributed by atoms with Crippen molar-refractivity contribution in [3.63, 3.8) is 0 Å². The molecule has 0 unspecified atom stereocenters. The van der Waals surface area contributed by atoms with Crippen molar-refractivity contribution in [2.75, 3.05) is 0 Å². The molecule has 4 aromatic rings. The molecule has 0 fully saturated rings. The number of rotatable bonds is 2. The Morgan fingerprint density at radius 3 is 1.90 bits per heavy atom. The number of nitrogens with zero attached hydrogens (tertiary/aromatic N) is 1. The molecule has 0 radical (unpaired) electrons. The first kappa shape index (κ1) is 21.5. The van der Waals surface area contributed by atoms with Gasteiger partial charge in [0.25, 0.3) is 0 Å². The molecule has 0 bridgehead atoms. The number of hydrogen-bond acceptors (Lipinski definition) is 0. The monoisotopic (exact) mass is 525 g/mol. The van der Waals surface area contributed by atoms with Gasteiger partial charge in [0.05, 0.1) is 5.39 Å². The summed E-state index contributed by atoms with van der Waals surface area (Å²) < 4.78 is 43.4. The Kier molecular flexibility index (Phi) is 6.75. The van der Waals surface area contributed by atoms with Crippen molar-refractivity contribution >= 4 is 50.0 Å². The lowest BCUT2D eigenvalue weighted by Crippen LogP contribution is -2.31. The van der Waals surface area contributed by atoms with Crippen molar-refractivity contribution < 1.29 is 21.8 Å². The summed E-state index contributed by atoms with van der Waals surface area (Å²) in [6, 6.07) is 27.5. The molecule has 0 aliphatic carbocycles. The Labute approximate surface area is 182 Å². The van der Waals surface area contributed by atoms with Crippen LogP contribution in [0, 0.1) is 0 Å². The molecule has 0 amide bonds. The van der Waals surface area contributed by atoms with Gasteiger partial charge in [0, 0.05) is 38.8 Å². The first-order valence-electron chi connectivity index (χ1n) is 8.55. The van der Waals surface area contributed by atoms with Gasteiger partial charge in [-0.25, -0.2) is 0 Å². The Morgan fingerprint density at radius 2 is 1.28 bits per heavy atom. The standard InChI is InChI=1S/C21H14Br2N.BF4/c22-16-6-9-18(10-7-16)24-13-12-19(15-4-2-1-3-5-15)20-14-17(23)8-11-21(20)24;2-1(3,4)5/h1-14H;/q+1;-1. The minimum absolute atomic E-state index is 1.08. The van der Waals surface area contributed by atoms with Crippen LogP contribution in [0.3, 0.4) is 0 Å². The second-order valence-electron chi connectivity index (χ2n) is 6.10. The third-order valence-corrected chi connectivity index (χ3v) is 5.11. The maximum atomic E-state index is 9.75. The fourth-order valence-electron chi connectivity index (χ4n) is 2.95. The van der Waals surface area contributed by atoms with Crippen LogP contribution in [0.4, 0.5) is 17.3 Å². The second-order valence-corrected chi connectivity index (χ2v) is 7.93. The highest BCUT2D eigenvalue weighted by Gasteiger charge is 2.20. The molecule has 0 N–H and O–H groups in total. The summed E-state index contributed by atoms with van der Waals surface area (Å²) >= 11 is 7.12. The smallest absolute Gasteiger partial charge is 0.418 e. The summed E-state index contributed by atoms with van der Waals surface area (Å²) in [5.41, 5.74) is 4.79. The highest BCUT2D eigenvalue weighted by atomic mass is 79.9. The topological polar surface area (TPSA) is 3.88 Å². The first-order chi connectivity index (χ1) is 13.7. The summed E-state index contributed by atoms with van der Waals surface area (Å²) in [5.74, 6) is 0. The molecule has 8 heteroatoms. The van der Waals surface area contributed by atoms with Crippen molar-refractivity contribution in [1.82, 2.24) is 0 Å². The van der Waals surface area contributed by atoms with Crippen LogP contribution in [0.15, 0.2) is 94.0 Å². The highest BCUT2D eigenvalue weighted by Crippen LogP contribution is 2.29. The molecular formula is C21H14BBr2F4N. The molecule has 3 aromatic carbocycles. The van der Waals surface area contributed by atoms with E-state index in [-0.39, 0.29) is 0 Å². The van der Waals surface area contributed by atoms with E-state index in [9.17, 15) is 17.3 Å². The van der Waals surface area contributed by atoms with Crippen LogP contribution in [0.2, 0.25) is 0 Å². The zero-order valence-corrected chi connectivity index (χ0v) is 18.0. The van der Waals surface area contributed by atoms with Gasteiger partial charge in [-0.1, -0.05) is 62.2 Å². The SMILES string of the molecule is Brc1ccc(-[n+]2ccc(-c3ccccc3)c3cc(Br)ccc32)cc1.F[B-](F)(F)F. The molecule has 0 aliphatic heterocycles. The van der Waals surface area contributed by atoms with Crippen LogP contribution >= 0.6 is 31.9 Å². The average Bonchev–Trinajstić information content (AvgIpc) is 2.67. The van der Waals surface area contributed by atoms with E-state index in [0.29, 0.717) is 0 Å². The molecular weight excluding hydrogens is 513 g/mol. The van der Waals surface area contributed by atoms with Gasteiger partial charge in [-0.05, 0) is 29.8 Å². The van der Waals surface area contributed by atoms with Gasteiger partial charge in [-0.2, -0.15) is 4.57 Å². The van der Waals surface area contributed by atoms with E-state index in [4.69, 9.17) is 0 Å². The molecule has 0 saturated carbocycles. The van der Waals surface area contributed by atoms with E-state index in [2.05, 4.69) is 115 Å². The highest BCUT2D eigenvalue weighted by molar-refractivity contribution is 9.10. The predicted octanol–water partition coefficient (Wildman–Crippen LogP) is 7.61. The molecule has 148 valence electrons. The third-order valence-electron chi connectivity index (χ3n) is 4.09. The minimum Gasteiger partial charge on any atom is -0.418 e. The zero-order valence-electron chi connectivity index (χ0n) is 14.9. The van der Waals surface area contributed by atoms with Crippen LogP contribution in [-0.4, -0.2) is 7.25 Å². The minimum atomic E-state index is -6.00. The number of aromatic nitrogens is 1. The van der Waals surface area contributed by atoms with Gasteiger partial charge >= 0.3 is 7.25 Å². The van der Waals surface area contributed by atoms with E-state index in [1.165, 1.54) is 22.0 Å². The molecule has 1 nitrogen and oxygen atoms in total. The number of hydrogen-bond donors (Lipinski definition) is 0. The number of halogens is 6. The lowest BCUT2D eigenvalue weighted by Gasteiger charge is -2.08. The average molecular weight is 527 g/mol. The third kappa shape index (κ3) is 5.90. The lowest BCUT2D eigenvalue weighted by atomic mass is 10.0. The maximum Gasteiger partial charge on any atom is 0.673 e. The molecule has 1 aromatic heterocycles. The zero-order chi connectivity index (χ0) is 21.0. The summed E-state index contributed by atoms with van der Waals surface area (Å²) in [6.07, 6.45) is 2.14. The number of pyridine rings is 1. The summed E-state index contributed by atoms with van der Waals surface area (Å²) in [6.45, 7) is 0. The van der Waals surface area contributed by atoms with Gasteiger partial charge in [0.15, 0.2) is 6.20 Å². The van der Waals surface area contributed by atoms with Gasteiger partial charge < -0.3 is 17.3 Å². The van der Waals surface area contributed by atoms with Crippen molar-refractivity contribution in [3.8, 4) is 16.8 Å². The van der Waals surface area contributed by atoms with Crippen molar-refractivity contribution in [2.24, 2.45) is 0 Å². The Bertz CT molecular complexity index is 1110. The van der Waals surface area contributed by atoms with Crippen LogP contribution in [-0.2, 0) is 0 Å². The quantitative estimate of drug-likeness (QED) is 0.144.